The van der Waals surface area contributed by atoms with Crippen LogP contribution in [0.4, 0.5) is 10.1 Å². The van der Waals surface area contributed by atoms with Gasteiger partial charge in [0.25, 0.3) is 5.91 Å². The Hall–Kier alpha value is -3.10. The molecular weight excluding hydrogens is 477 g/mol. The molecule has 1 aromatic heterocycles. The Labute approximate surface area is 215 Å². The summed E-state index contributed by atoms with van der Waals surface area (Å²) in [5.74, 6) is -0.295. The van der Waals surface area contributed by atoms with E-state index in [0.29, 0.717) is 23.7 Å². The largest absolute Gasteiger partial charge is 0.469 e. The molecule has 0 atom stereocenters. The molecule has 0 saturated carbocycles. The molecule has 0 bridgehead atoms. The van der Waals surface area contributed by atoms with Crippen molar-refractivity contribution in [3.05, 3.63) is 70.4 Å². The fourth-order valence-electron chi connectivity index (χ4n) is 4.53. The summed E-state index contributed by atoms with van der Waals surface area (Å²) in [6.45, 7) is 3.09. The molecule has 1 aliphatic heterocycles. The van der Waals surface area contributed by atoms with Crippen LogP contribution in [0.15, 0.2) is 53.9 Å². The molecule has 3 aromatic rings. The first-order valence-corrected chi connectivity index (χ1v) is 13.3. The molecule has 1 N–H and O–H groups in total. The van der Waals surface area contributed by atoms with Crippen LogP contribution < -0.4 is 5.32 Å². The van der Waals surface area contributed by atoms with Crippen molar-refractivity contribution in [2.24, 2.45) is 0 Å². The monoisotopic (exact) mass is 509 g/mol. The molecule has 4 rings (SSSR count). The number of likely N-dealkylation sites (tertiary alicyclic amines) is 1. The van der Waals surface area contributed by atoms with E-state index >= 15 is 0 Å². The van der Waals surface area contributed by atoms with Gasteiger partial charge in [0.1, 0.15) is 11.5 Å². The van der Waals surface area contributed by atoms with Gasteiger partial charge in [-0.25, -0.2) is 9.37 Å². The van der Waals surface area contributed by atoms with Gasteiger partial charge in [0.2, 0.25) is 0 Å². The van der Waals surface area contributed by atoms with Crippen LogP contribution in [0, 0.1) is 5.82 Å². The smallest absolute Gasteiger partial charge is 0.305 e. The number of methoxy groups -OCH3 is 1. The van der Waals surface area contributed by atoms with Gasteiger partial charge in [-0.15, -0.1) is 11.3 Å². The number of para-hydroxylation sites is 1. The lowest BCUT2D eigenvalue weighted by atomic mass is 9.97. The van der Waals surface area contributed by atoms with Gasteiger partial charge >= 0.3 is 5.97 Å². The summed E-state index contributed by atoms with van der Waals surface area (Å²) >= 11 is 1.55. The minimum absolute atomic E-state index is 0.135. The lowest BCUT2D eigenvalue weighted by Gasteiger charge is -2.31. The van der Waals surface area contributed by atoms with E-state index in [9.17, 15) is 14.0 Å². The van der Waals surface area contributed by atoms with E-state index in [2.05, 4.69) is 19.9 Å². The number of thiazole rings is 1. The fraction of sp³-hybridized carbons (Fsp3) is 0.393. The van der Waals surface area contributed by atoms with Crippen LogP contribution in [0.1, 0.15) is 59.9 Å². The number of carbonyl (C=O) groups excluding carboxylic acids is 2. The predicted molar refractivity (Wildman–Crippen MR) is 141 cm³/mol. The number of rotatable bonds is 10. The van der Waals surface area contributed by atoms with Crippen molar-refractivity contribution in [3.63, 3.8) is 0 Å². The number of anilines is 1. The van der Waals surface area contributed by atoms with Crippen molar-refractivity contribution < 1.29 is 18.7 Å². The number of carbonyl (C=O) groups is 2. The molecule has 2 aromatic carbocycles. The number of aromatic nitrogens is 1. The van der Waals surface area contributed by atoms with E-state index in [-0.39, 0.29) is 17.7 Å². The van der Waals surface area contributed by atoms with Gasteiger partial charge in [0.05, 0.1) is 12.1 Å². The average molecular weight is 510 g/mol. The van der Waals surface area contributed by atoms with Crippen molar-refractivity contribution in [2.45, 2.75) is 44.4 Å². The van der Waals surface area contributed by atoms with Crippen LogP contribution in [-0.4, -0.2) is 48.5 Å². The first kappa shape index (κ1) is 26.0. The second-order valence-corrected chi connectivity index (χ2v) is 9.97. The molecule has 8 heteroatoms. The number of benzene rings is 2. The number of unbranched alkanes of at least 4 members (excludes halogenated alkanes) is 2. The Morgan fingerprint density at radius 2 is 1.83 bits per heavy atom. The molecule has 0 spiro atoms. The summed E-state index contributed by atoms with van der Waals surface area (Å²) in [7, 11) is 1.43. The van der Waals surface area contributed by atoms with Gasteiger partial charge < -0.3 is 15.0 Å². The number of nitrogens with zero attached hydrogens (tertiary/aromatic N) is 2. The lowest BCUT2D eigenvalue weighted by molar-refractivity contribution is -0.140. The Kier molecular flexibility index (Phi) is 9.19. The minimum Gasteiger partial charge on any atom is -0.469 e. The summed E-state index contributed by atoms with van der Waals surface area (Å²) in [5, 5.41) is 5.83. The molecule has 1 amide bonds. The van der Waals surface area contributed by atoms with Crippen molar-refractivity contribution in [1.29, 1.82) is 0 Å². The maximum absolute atomic E-state index is 13.3. The third-order valence-corrected chi connectivity index (χ3v) is 7.61. The van der Waals surface area contributed by atoms with E-state index in [1.807, 2.05) is 29.6 Å². The molecule has 0 aliphatic carbocycles. The highest BCUT2D eigenvalue weighted by Crippen LogP contribution is 2.32. The van der Waals surface area contributed by atoms with Gasteiger partial charge in [-0.3, -0.25) is 9.59 Å². The summed E-state index contributed by atoms with van der Waals surface area (Å²) in [6.07, 6.45) is 5.55. The number of hydrogen-bond donors (Lipinski definition) is 1. The topological polar surface area (TPSA) is 71.5 Å². The van der Waals surface area contributed by atoms with Gasteiger partial charge in [-0.2, -0.15) is 0 Å². The van der Waals surface area contributed by atoms with Crippen LogP contribution in [0.5, 0.6) is 0 Å². The molecule has 1 aliphatic rings. The predicted octanol–water partition coefficient (Wildman–Crippen LogP) is 6.11. The zero-order chi connectivity index (χ0) is 25.3. The van der Waals surface area contributed by atoms with Gasteiger partial charge in [-0.1, -0.05) is 36.8 Å². The summed E-state index contributed by atoms with van der Waals surface area (Å²) in [5.41, 5.74) is 2.76. The lowest BCUT2D eigenvalue weighted by Crippen LogP contribution is -2.33. The van der Waals surface area contributed by atoms with Crippen LogP contribution in [-0.2, 0) is 9.53 Å². The van der Waals surface area contributed by atoms with Crippen LogP contribution in [0.2, 0.25) is 0 Å². The van der Waals surface area contributed by atoms with Crippen molar-refractivity contribution >= 4 is 28.9 Å². The van der Waals surface area contributed by atoms with E-state index in [0.717, 1.165) is 67.9 Å². The zero-order valence-electron chi connectivity index (χ0n) is 20.5. The van der Waals surface area contributed by atoms with E-state index in [1.54, 1.807) is 23.5 Å². The van der Waals surface area contributed by atoms with E-state index in [4.69, 9.17) is 0 Å². The number of esters is 1. The first-order valence-electron chi connectivity index (χ1n) is 12.4. The van der Waals surface area contributed by atoms with Crippen LogP contribution in [0.3, 0.4) is 0 Å². The van der Waals surface area contributed by atoms with Crippen molar-refractivity contribution in [1.82, 2.24) is 9.88 Å². The standard InChI is InChI=1S/C28H32FN3O3S/c1-35-26(33)9-3-2-6-16-32-17-14-21(15-18-32)28-31-25(19-36-28)27(34)30-24-8-5-4-7-23(24)20-10-12-22(29)13-11-20/h4-5,7-8,10-13,19,21H,2-3,6,9,14-18H2,1H3,(H,30,34). The molecular formula is C28H32FN3O3S. The quantitative estimate of drug-likeness (QED) is 0.264. The Morgan fingerprint density at radius 3 is 2.58 bits per heavy atom. The molecule has 190 valence electrons. The molecule has 2 heterocycles. The number of piperidine rings is 1. The highest BCUT2D eigenvalue weighted by Gasteiger charge is 2.24. The van der Waals surface area contributed by atoms with Crippen LogP contribution in [0.25, 0.3) is 11.1 Å². The molecule has 0 unspecified atom stereocenters. The fourth-order valence-corrected chi connectivity index (χ4v) is 5.50. The number of halogens is 1. The van der Waals surface area contributed by atoms with Gasteiger partial charge in [-0.05, 0) is 69.1 Å². The van der Waals surface area contributed by atoms with Gasteiger partial charge in [0, 0.05) is 29.0 Å². The maximum Gasteiger partial charge on any atom is 0.305 e. The summed E-state index contributed by atoms with van der Waals surface area (Å²) < 4.78 is 18.0. The Morgan fingerprint density at radius 1 is 1.08 bits per heavy atom. The second kappa shape index (κ2) is 12.7. The van der Waals surface area contributed by atoms with E-state index < -0.39 is 0 Å². The SMILES string of the molecule is COC(=O)CCCCCN1CCC(c2nc(C(=O)Nc3ccccc3-c3ccc(F)cc3)cs2)CC1. The third-order valence-electron chi connectivity index (χ3n) is 6.60. The minimum atomic E-state index is -0.295. The molecule has 1 fully saturated rings. The highest BCUT2D eigenvalue weighted by molar-refractivity contribution is 7.10. The van der Waals surface area contributed by atoms with Gasteiger partial charge in [0.15, 0.2) is 0 Å². The van der Waals surface area contributed by atoms with E-state index in [1.165, 1.54) is 19.2 Å². The Bertz CT molecular complexity index is 1160. The first-order chi connectivity index (χ1) is 17.5. The molecule has 36 heavy (non-hydrogen) atoms. The molecule has 0 radical (unpaired) electrons. The zero-order valence-corrected chi connectivity index (χ0v) is 21.4. The number of ether oxygens (including phenoxy) is 1. The summed E-state index contributed by atoms with van der Waals surface area (Å²) in [4.78, 5) is 31.3. The number of amides is 1. The van der Waals surface area contributed by atoms with Crippen LogP contribution >= 0.6 is 11.3 Å². The second-order valence-electron chi connectivity index (χ2n) is 9.08. The summed E-state index contributed by atoms with van der Waals surface area (Å²) in [6, 6.07) is 13.7. The third kappa shape index (κ3) is 6.98. The Balaban J connectivity index is 1.28. The number of hydrogen-bond acceptors (Lipinski definition) is 6. The highest BCUT2D eigenvalue weighted by atomic mass is 32.1. The van der Waals surface area contributed by atoms with Crippen molar-refractivity contribution in [3.8, 4) is 11.1 Å². The molecule has 6 nitrogen and oxygen atoms in total. The van der Waals surface area contributed by atoms with Crippen molar-refractivity contribution in [2.75, 3.05) is 32.1 Å². The number of nitrogens with one attached hydrogen (secondary N) is 1. The molecule has 1 saturated heterocycles. The maximum atomic E-state index is 13.3. The normalized spacial score (nSPS) is 14.5. The average Bonchev–Trinajstić information content (AvgIpc) is 3.40.